The fraction of sp³-hybridized carbons (Fsp3) is 0.400. The van der Waals surface area contributed by atoms with Crippen LogP contribution in [0.3, 0.4) is 0 Å². The predicted octanol–water partition coefficient (Wildman–Crippen LogP) is 3.87. The number of alkyl halides is 2. The van der Waals surface area contributed by atoms with Crippen LogP contribution in [0.5, 0.6) is 0 Å². The number of carboxylic acid groups (broad SMARTS) is 1. The summed E-state index contributed by atoms with van der Waals surface area (Å²) in [5.74, 6) is -7.78. The average molecular weight is 472 g/mol. The van der Waals surface area contributed by atoms with E-state index in [0.29, 0.717) is 6.42 Å². The van der Waals surface area contributed by atoms with Crippen LogP contribution in [0, 0.1) is 5.92 Å². The summed E-state index contributed by atoms with van der Waals surface area (Å²) in [5.41, 5.74) is 4.35. The lowest BCUT2D eigenvalue weighted by Crippen LogP contribution is -2.41. The van der Waals surface area contributed by atoms with Gasteiger partial charge < -0.3 is 20.1 Å². The Labute approximate surface area is 195 Å². The van der Waals surface area contributed by atoms with Crippen molar-refractivity contribution < 1.29 is 33.0 Å². The molecule has 2 atom stereocenters. The Morgan fingerprint density at radius 3 is 2.24 bits per heavy atom. The maximum atomic E-state index is 13.9. The Bertz CT molecular complexity index is 1060. The van der Waals surface area contributed by atoms with Crippen molar-refractivity contribution in [3.05, 3.63) is 59.7 Å². The van der Waals surface area contributed by atoms with Gasteiger partial charge in [-0.2, -0.15) is 0 Å². The van der Waals surface area contributed by atoms with Crippen molar-refractivity contribution in [2.75, 3.05) is 19.7 Å². The van der Waals surface area contributed by atoms with E-state index in [1.54, 1.807) is 6.92 Å². The van der Waals surface area contributed by atoms with Crippen molar-refractivity contribution in [2.24, 2.45) is 5.92 Å². The van der Waals surface area contributed by atoms with Crippen LogP contribution < -0.4 is 5.32 Å². The number of nitrogens with one attached hydrogen (secondary N) is 1. The number of carbonyl (C=O) groups is 3. The van der Waals surface area contributed by atoms with E-state index in [9.17, 15) is 23.2 Å². The normalized spacial score (nSPS) is 19.3. The molecule has 2 aliphatic rings. The number of ether oxygens (including phenoxy) is 1. The van der Waals surface area contributed by atoms with E-state index in [1.807, 2.05) is 48.5 Å². The zero-order valence-corrected chi connectivity index (χ0v) is 18.7. The van der Waals surface area contributed by atoms with Crippen molar-refractivity contribution in [2.45, 2.75) is 37.6 Å². The smallest absolute Gasteiger partial charge is 0.407 e. The Balaban J connectivity index is 1.34. The number of alkyl carbamates (subject to hydrolysis) is 1. The van der Waals surface area contributed by atoms with Crippen LogP contribution >= 0.6 is 0 Å². The van der Waals surface area contributed by atoms with Gasteiger partial charge >= 0.3 is 12.1 Å². The largest absolute Gasteiger partial charge is 0.481 e. The number of halogens is 2. The molecule has 180 valence electrons. The van der Waals surface area contributed by atoms with Crippen LogP contribution in [0.4, 0.5) is 13.6 Å². The SMILES string of the molecule is CC[C@@H](CC(=O)N1CC(C(=O)O)C(F)(F)C1)NC(=O)OCC1c2ccccc2-c2ccccc21. The van der Waals surface area contributed by atoms with Crippen molar-refractivity contribution in [1.82, 2.24) is 10.2 Å². The number of rotatable bonds is 7. The summed E-state index contributed by atoms with van der Waals surface area (Å²) in [6, 6.07) is 15.2. The van der Waals surface area contributed by atoms with Crippen LogP contribution in [0.25, 0.3) is 11.1 Å². The standard InChI is InChI=1S/C25H26F2N2O5/c1-2-15(11-22(30)29-12-21(23(31)32)25(26,27)14-29)28-24(33)34-13-20-18-9-5-3-7-16(18)17-8-4-6-10-19(17)20/h3-10,15,20-21H,2,11-14H2,1H3,(H,28,33)(H,31,32)/t15-,21?/m0/s1. The number of hydrogen-bond donors (Lipinski definition) is 2. The Hall–Kier alpha value is -3.49. The van der Waals surface area contributed by atoms with Crippen LogP contribution in [0.2, 0.25) is 0 Å². The van der Waals surface area contributed by atoms with E-state index < -0.39 is 48.9 Å². The maximum Gasteiger partial charge on any atom is 0.407 e. The maximum absolute atomic E-state index is 13.9. The second-order valence-corrected chi connectivity index (χ2v) is 8.71. The first kappa shape index (κ1) is 23.7. The number of aliphatic carboxylic acids is 1. The third-order valence-electron chi connectivity index (χ3n) is 6.54. The molecule has 1 aliphatic heterocycles. The number of hydrogen-bond acceptors (Lipinski definition) is 4. The van der Waals surface area contributed by atoms with Gasteiger partial charge in [0.05, 0.1) is 6.54 Å². The molecule has 1 unspecified atom stereocenters. The molecule has 2 aromatic rings. The van der Waals surface area contributed by atoms with Gasteiger partial charge in [0.1, 0.15) is 12.5 Å². The first-order chi connectivity index (χ1) is 16.2. The molecule has 0 saturated carbocycles. The van der Waals surface area contributed by atoms with E-state index in [2.05, 4.69) is 5.32 Å². The lowest BCUT2D eigenvalue weighted by atomic mass is 9.98. The number of carboxylic acids is 1. The number of carbonyl (C=O) groups excluding carboxylic acids is 2. The van der Waals surface area contributed by atoms with E-state index in [-0.39, 0.29) is 18.9 Å². The third kappa shape index (κ3) is 4.60. The third-order valence-corrected chi connectivity index (χ3v) is 6.54. The fourth-order valence-electron chi connectivity index (χ4n) is 4.68. The molecule has 4 rings (SSSR count). The molecule has 1 fully saturated rings. The van der Waals surface area contributed by atoms with Crippen LogP contribution in [0.15, 0.2) is 48.5 Å². The number of likely N-dealkylation sites (tertiary alicyclic amines) is 1. The highest BCUT2D eigenvalue weighted by molar-refractivity contribution is 5.81. The zero-order chi connectivity index (χ0) is 24.5. The molecule has 9 heteroatoms. The van der Waals surface area contributed by atoms with Gasteiger partial charge in [0, 0.05) is 24.9 Å². The number of nitrogens with zero attached hydrogens (tertiary/aromatic N) is 1. The van der Waals surface area contributed by atoms with Crippen molar-refractivity contribution in [3.63, 3.8) is 0 Å². The van der Waals surface area contributed by atoms with E-state index in [1.165, 1.54) is 0 Å². The molecule has 2 aromatic carbocycles. The van der Waals surface area contributed by atoms with Gasteiger partial charge in [-0.05, 0) is 28.7 Å². The van der Waals surface area contributed by atoms with Gasteiger partial charge in [-0.25, -0.2) is 13.6 Å². The summed E-state index contributed by atoms with van der Waals surface area (Å²) in [7, 11) is 0. The second kappa shape index (κ2) is 9.40. The predicted molar refractivity (Wildman–Crippen MR) is 120 cm³/mol. The summed E-state index contributed by atoms with van der Waals surface area (Å²) >= 11 is 0. The Morgan fingerprint density at radius 1 is 1.12 bits per heavy atom. The first-order valence-corrected chi connectivity index (χ1v) is 11.2. The van der Waals surface area contributed by atoms with Crippen molar-refractivity contribution in [1.29, 1.82) is 0 Å². The Morgan fingerprint density at radius 2 is 1.71 bits per heavy atom. The zero-order valence-electron chi connectivity index (χ0n) is 18.7. The monoisotopic (exact) mass is 472 g/mol. The number of benzene rings is 2. The van der Waals surface area contributed by atoms with Gasteiger partial charge in [-0.3, -0.25) is 9.59 Å². The first-order valence-electron chi connectivity index (χ1n) is 11.2. The minimum absolute atomic E-state index is 0.111. The highest BCUT2D eigenvalue weighted by atomic mass is 19.3. The average Bonchev–Trinajstić information content (AvgIpc) is 3.31. The van der Waals surface area contributed by atoms with Crippen LogP contribution in [-0.2, 0) is 14.3 Å². The summed E-state index contributed by atoms with van der Waals surface area (Å²) < 4.78 is 33.3. The molecule has 2 N–H and O–H groups in total. The molecular formula is C25H26F2N2O5. The molecule has 1 heterocycles. The molecule has 0 radical (unpaired) electrons. The summed E-state index contributed by atoms with van der Waals surface area (Å²) in [4.78, 5) is 36.9. The molecule has 0 spiro atoms. The van der Waals surface area contributed by atoms with Gasteiger partial charge in [0.2, 0.25) is 5.91 Å². The van der Waals surface area contributed by atoms with E-state index in [4.69, 9.17) is 9.84 Å². The minimum atomic E-state index is -3.48. The summed E-state index contributed by atoms with van der Waals surface area (Å²) in [6.07, 6.45) is -0.539. The lowest BCUT2D eigenvalue weighted by Gasteiger charge is -2.21. The summed E-state index contributed by atoms with van der Waals surface area (Å²) in [5, 5.41) is 11.6. The van der Waals surface area contributed by atoms with Gasteiger partial charge in [-0.15, -0.1) is 0 Å². The Kier molecular flexibility index (Phi) is 6.54. The molecule has 2 amide bonds. The topological polar surface area (TPSA) is 95.9 Å². The number of amides is 2. The van der Waals surface area contributed by atoms with Crippen LogP contribution in [-0.4, -0.2) is 59.6 Å². The van der Waals surface area contributed by atoms with Gasteiger partial charge in [0.25, 0.3) is 5.92 Å². The quantitative estimate of drug-likeness (QED) is 0.638. The lowest BCUT2D eigenvalue weighted by molar-refractivity contribution is -0.151. The molecule has 34 heavy (non-hydrogen) atoms. The number of fused-ring (bicyclic) bond motifs is 3. The molecular weight excluding hydrogens is 446 g/mol. The molecule has 7 nitrogen and oxygen atoms in total. The van der Waals surface area contributed by atoms with E-state index >= 15 is 0 Å². The molecule has 1 saturated heterocycles. The highest BCUT2D eigenvalue weighted by Crippen LogP contribution is 2.44. The molecule has 0 aromatic heterocycles. The van der Waals surface area contributed by atoms with Gasteiger partial charge in [0.15, 0.2) is 0 Å². The highest BCUT2D eigenvalue weighted by Gasteiger charge is 2.53. The van der Waals surface area contributed by atoms with Crippen molar-refractivity contribution >= 4 is 18.0 Å². The fourth-order valence-corrected chi connectivity index (χ4v) is 4.68. The molecule has 0 bridgehead atoms. The van der Waals surface area contributed by atoms with Crippen LogP contribution in [0.1, 0.15) is 36.8 Å². The minimum Gasteiger partial charge on any atom is -0.481 e. The molecule has 1 aliphatic carbocycles. The van der Waals surface area contributed by atoms with Gasteiger partial charge in [-0.1, -0.05) is 55.5 Å². The summed E-state index contributed by atoms with van der Waals surface area (Å²) in [6.45, 7) is 0.371. The second-order valence-electron chi connectivity index (χ2n) is 8.71. The van der Waals surface area contributed by atoms with E-state index in [0.717, 1.165) is 27.2 Å². The van der Waals surface area contributed by atoms with Crippen molar-refractivity contribution in [3.8, 4) is 11.1 Å².